The molecule has 18 heavy (non-hydrogen) atoms. The quantitative estimate of drug-likeness (QED) is 0.865. The van der Waals surface area contributed by atoms with Gasteiger partial charge in [-0.25, -0.2) is 13.8 Å². The minimum Gasteiger partial charge on any atom is -0.361 e. The molecule has 0 saturated heterocycles. The summed E-state index contributed by atoms with van der Waals surface area (Å²) < 4.78 is 25.8. The summed E-state index contributed by atoms with van der Waals surface area (Å²) >= 11 is 1.34. The smallest absolute Gasteiger partial charge is 0.291 e. The average molecular weight is 274 g/mol. The summed E-state index contributed by atoms with van der Waals surface area (Å²) in [5.74, 6) is -0.685. The van der Waals surface area contributed by atoms with E-state index in [1.807, 2.05) is 6.92 Å². The van der Waals surface area contributed by atoms with E-state index in [-0.39, 0.29) is 5.56 Å². The zero-order chi connectivity index (χ0) is 13.5. The first-order valence-corrected chi connectivity index (χ1v) is 6.09. The molecule has 1 unspecified atom stereocenters. The lowest BCUT2D eigenvalue weighted by Crippen LogP contribution is -2.56. The molecular formula is C11H12F2N2O2S. The van der Waals surface area contributed by atoms with Crippen LogP contribution in [0.5, 0.6) is 0 Å². The molecule has 1 aliphatic rings. The van der Waals surface area contributed by atoms with Crippen molar-refractivity contribution in [3.63, 3.8) is 0 Å². The molecule has 0 saturated carbocycles. The van der Waals surface area contributed by atoms with Gasteiger partial charge in [0.15, 0.2) is 0 Å². The maximum absolute atomic E-state index is 12.9. The average Bonchev–Trinajstić information content (AvgIpc) is 2.82. The first kappa shape index (κ1) is 13.0. The maximum atomic E-state index is 12.9. The molecule has 2 heterocycles. The van der Waals surface area contributed by atoms with E-state index in [9.17, 15) is 18.7 Å². The summed E-state index contributed by atoms with van der Waals surface area (Å²) in [6.07, 6.45) is -2.15. The molecule has 1 aliphatic heterocycles. The SMILES string of the molecule is CC1=CC(O)(C(F)F)N(C(=O)c2csc(C)c2)N1. The Morgan fingerprint density at radius 2 is 2.22 bits per heavy atom. The van der Waals surface area contributed by atoms with Gasteiger partial charge in [0.25, 0.3) is 12.3 Å². The van der Waals surface area contributed by atoms with E-state index < -0.39 is 18.1 Å². The molecule has 1 atom stereocenters. The highest BCUT2D eigenvalue weighted by molar-refractivity contribution is 7.10. The second kappa shape index (κ2) is 4.33. The van der Waals surface area contributed by atoms with Crippen LogP contribution in [-0.4, -0.2) is 28.2 Å². The number of hydrogen-bond acceptors (Lipinski definition) is 4. The molecule has 1 aromatic heterocycles. The Morgan fingerprint density at radius 3 is 2.72 bits per heavy atom. The number of allylic oxidation sites excluding steroid dienone is 1. The summed E-state index contributed by atoms with van der Waals surface area (Å²) in [4.78, 5) is 13.0. The van der Waals surface area contributed by atoms with Crippen LogP contribution in [0, 0.1) is 6.92 Å². The number of alkyl halides is 2. The number of nitrogens with zero attached hydrogens (tertiary/aromatic N) is 1. The van der Waals surface area contributed by atoms with E-state index in [1.165, 1.54) is 18.3 Å². The number of hydrazine groups is 1. The van der Waals surface area contributed by atoms with Gasteiger partial charge >= 0.3 is 0 Å². The van der Waals surface area contributed by atoms with Gasteiger partial charge in [-0.15, -0.1) is 11.3 Å². The number of hydrogen-bond donors (Lipinski definition) is 2. The predicted molar refractivity (Wildman–Crippen MR) is 63.1 cm³/mol. The molecule has 0 aromatic carbocycles. The van der Waals surface area contributed by atoms with E-state index in [0.717, 1.165) is 11.0 Å². The normalized spacial score (nSPS) is 23.2. The lowest BCUT2D eigenvalue weighted by Gasteiger charge is -2.31. The van der Waals surface area contributed by atoms with Gasteiger partial charge in [-0.05, 0) is 26.0 Å². The van der Waals surface area contributed by atoms with Crippen molar-refractivity contribution in [1.29, 1.82) is 0 Å². The second-order valence-corrected chi connectivity index (χ2v) is 5.22. The van der Waals surface area contributed by atoms with Crippen molar-refractivity contribution in [2.24, 2.45) is 0 Å². The van der Waals surface area contributed by atoms with Gasteiger partial charge in [0, 0.05) is 16.0 Å². The fraction of sp³-hybridized carbons (Fsp3) is 0.364. The van der Waals surface area contributed by atoms with Gasteiger partial charge in [0.1, 0.15) is 0 Å². The van der Waals surface area contributed by atoms with Crippen LogP contribution in [0.15, 0.2) is 23.2 Å². The molecule has 0 aliphatic carbocycles. The van der Waals surface area contributed by atoms with Crippen LogP contribution >= 0.6 is 11.3 Å². The van der Waals surface area contributed by atoms with Crippen molar-refractivity contribution in [2.75, 3.05) is 0 Å². The van der Waals surface area contributed by atoms with Gasteiger partial charge in [0.2, 0.25) is 5.72 Å². The number of aryl methyl sites for hydroxylation is 1. The summed E-state index contributed by atoms with van der Waals surface area (Å²) in [5, 5.41) is 12.0. The van der Waals surface area contributed by atoms with Crippen LogP contribution in [-0.2, 0) is 0 Å². The Balaban J connectivity index is 2.31. The summed E-state index contributed by atoms with van der Waals surface area (Å²) in [6.45, 7) is 3.31. The molecule has 0 spiro atoms. The monoisotopic (exact) mass is 274 g/mol. The Labute approximate surface area is 106 Å². The van der Waals surface area contributed by atoms with Crippen molar-refractivity contribution in [3.8, 4) is 0 Å². The third-order valence-electron chi connectivity index (χ3n) is 2.58. The summed E-state index contributed by atoms with van der Waals surface area (Å²) in [7, 11) is 0. The van der Waals surface area contributed by atoms with E-state index in [0.29, 0.717) is 10.7 Å². The number of thiophene rings is 1. The van der Waals surface area contributed by atoms with Crippen molar-refractivity contribution < 1.29 is 18.7 Å². The lowest BCUT2D eigenvalue weighted by molar-refractivity contribution is -0.146. The van der Waals surface area contributed by atoms with Crippen molar-refractivity contribution >= 4 is 17.2 Å². The largest absolute Gasteiger partial charge is 0.361 e. The van der Waals surface area contributed by atoms with Gasteiger partial charge in [-0.2, -0.15) is 0 Å². The van der Waals surface area contributed by atoms with Gasteiger partial charge in [-0.1, -0.05) is 0 Å². The highest BCUT2D eigenvalue weighted by atomic mass is 32.1. The van der Waals surface area contributed by atoms with E-state index >= 15 is 0 Å². The molecule has 98 valence electrons. The fourth-order valence-electron chi connectivity index (χ4n) is 1.74. The van der Waals surface area contributed by atoms with Crippen LogP contribution < -0.4 is 5.43 Å². The van der Waals surface area contributed by atoms with Gasteiger partial charge in [0.05, 0.1) is 5.56 Å². The molecule has 0 fully saturated rings. The van der Waals surface area contributed by atoms with E-state index in [4.69, 9.17) is 0 Å². The fourth-order valence-corrected chi connectivity index (χ4v) is 2.42. The van der Waals surface area contributed by atoms with Gasteiger partial charge in [-0.3, -0.25) is 10.2 Å². The number of nitrogens with one attached hydrogen (secondary N) is 1. The van der Waals surface area contributed by atoms with Crippen molar-refractivity contribution in [2.45, 2.75) is 26.0 Å². The molecular weight excluding hydrogens is 262 g/mol. The maximum Gasteiger partial charge on any atom is 0.291 e. The summed E-state index contributed by atoms with van der Waals surface area (Å²) in [6, 6.07) is 1.59. The molecule has 2 rings (SSSR count). The van der Waals surface area contributed by atoms with Crippen LogP contribution in [0.25, 0.3) is 0 Å². The van der Waals surface area contributed by atoms with Crippen molar-refractivity contribution in [1.82, 2.24) is 10.4 Å². The Morgan fingerprint density at radius 1 is 1.56 bits per heavy atom. The highest BCUT2D eigenvalue weighted by Gasteiger charge is 2.49. The molecule has 7 heteroatoms. The van der Waals surface area contributed by atoms with Crippen LogP contribution in [0.4, 0.5) is 8.78 Å². The zero-order valence-corrected chi connectivity index (χ0v) is 10.6. The third-order valence-corrected chi connectivity index (χ3v) is 3.44. The van der Waals surface area contributed by atoms with Gasteiger partial charge < -0.3 is 5.11 Å². The molecule has 4 nitrogen and oxygen atoms in total. The molecule has 1 amide bonds. The Bertz CT molecular complexity index is 515. The predicted octanol–water partition coefficient (Wildman–Crippen LogP) is 1.87. The first-order valence-electron chi connectivity index (χ1n) is 5.21. The number of rotatable bonds is 2. The second-order valence-electron chi connectivity index (χ2n) is 4.11. The minimum absolute atomic E-state index is 0.271. The lowest BCUT2D eigenvalue weighted by atomic mass is 10.2. The van der Waals surface area contributed by atoms with Crippen LogP contribution in [0.2, 0.25) is 0 Å². The van der Waals surface area contributed by atoms with E-state index in [1.54, 1.807) is 11.4 Å². The molecule has 0 radical (unpaired) electrons. The van der Waals surface area contributed by atoms with E-state index in [2.05, 4.69) is 5.43 Å². The standard InChI is InChI=1S/C11H12F2N2O2S/c1-6-4-11(17,10(12)13)15(14-6)9(16)8-3-7(2)18-5-8/h3-5,10,14,17H,1-2H3. The minimum atomic E-state index is -3.09. The molecule has 0 bridgehead atoms. The summed E-state index contributed by atoms with van der Waals surface area (Å²) in [5.41, 5.74) is 0.427. The van der Waals surface area contributed by atoms with Crippen LogP contribution in [0.1, 0.15) is 22.2 Å². The third kappa shape index (κ3) is 1.99. The zero-order valence-electron chi connectivity index (χ0n) is 9.78. The molecule has 1 aromatic rings. The number of carbonyl (C=O) groups is 1. The Kier molecular flexibility index (Phi) is 3.12. The number of aliphatic hydroxyl groups is 1. The number of amides is 1. The van der Waals surface area contributed by atoms with Crippen LogP contribution in [0.3, 0.4) is 0 Å². The highest BCUT2D eigenvalue weighted by Crippen LogP contribution is 2.29. The first-order chi connectivity index (χ1) is 8.34. The van der Waals surface area contributed by atoms with Crippen molar-refractivity contribution in [3.05, 3.63) is 33.7 Å². The molecule has 2 N–H and O–H groups in total. The number of halogens is 2. The number of carbonyl (C=O) groups excluding carboxylic acids is 1. The topological polar surface area (TPSA) is 52.6 Å². The Hall–Kier alpha value is -1.47.